The molecule has 0 aliphatic heterocycles. The number of carbonyl (C=O) groups is 2. The lowest BCUT2D eigenvalue weighted by atomic mass is 9.98. The average Bonchev–Trinajstić information content (AvgIpc) is 2.66. The number of amides is 2. The monoisotopic (exact) mass is 428 g/mol. The van der Waals surface area contributed by atoms with Gasteiger partial charge < -0.3 is 16.4 Å². The number of hydrazine groups is 1. The molecule has 2 amide bonds. The third-order valence-corrected chi connectivity index (χ3v) is 4.73. The Morgan fingerprint density at radius 2 is 1.80 bits per heavy atom. The van der Waals surface area contributed by atoms with Gasteiger partial charge in [0.05, 0.1) is 0 Å². The summed E-state index contributed by atoms with van der Waals surface area (Å²) in [7, 11) is 0. The van der Waals surface area contributed by atoms with Gasteiger partial charge in [0, 0.05) is 19.5 Å². The Kier molecular flexibility index (Phi) is 15.1. The first-order valence-corrected chi connectivity index (χ1v) is 10.9. The van der Waals surface area contributed by atoms with E-state index in [-0.39, 0.29) is 24.3 Å². The summed E-state index contributed by atoms with van der Waals surface area (Å²) >= 11 is 0. The first-order chi connectivity index (χ1) is 14.1. The molecule has 0 radical (unpaired) electrons. The van der Waals surface area contributed by atoms with Gasteiger partial charge >= 0.3 is 0 Å². The van der Waals surface area contributed by atoms with Gasteiger partial charge in [-0.1, -0.05) is 52.4 Å². The molecule has 174 valence electrons. The second kappa shape index (κ2) is 16.4. The molecule has 0 aliphatic carbocycles. The third kappa shape index (κ3) is 15.5. The Morgan fingerprint density at radius 3 is 2.40 bits per heavy atom. The van der Waals surface area contributed by atoms with Gasteiger partial charge in [-0.05, 0) is 37.5 Å². The molecular weight excluding hydrogens is 388 g/mol. The molecule has 0 saturated carbocycles. The van der Waals surface area contributed by atoms with Crippen molar-refractivity contribution in [1.29, 1.82) is 0 Å². The van der Waals surface area contributed by atoms with Crippen LogP contribution < -0.4 is 21.8 Å². The SMILES string of the molecule is CCCC[C@H](C)CCC(=O)N[C@@H](CCCN=C(N)N[N+](=O)[O-])C(=O)NCCC(C)C. The maximum absolute atomic E-state index is 12.5. The number of hydrogen-bond donors (Lipinski definition) is 4. The molecule has 0 spiro atoms. The van der Waals surface area contributed by atoms with E-state index in [2.05, 4.69) is 43.3 Å². The molecule has 0 saturated heterocycles. The predicted molar refractivity (Wildman–Crippen MR) is 118 cm³/mol. The zero-order valence-electron chi connectivity index (χ0n) is 18.9. The van der Waals surface area contributed by atoms with Gasteiger partial charge in [-0.2, -0.15) is 0 Å². The van der Waals surface area contributed by atoms with Gasteiger partial charge in [0.2, 0.25) is 11.8 Å². The van der Waals surface area contributed by atoms with Crippen LogP contribution in [0.15, 0.2) is 4.99 Å². The average molecular weight is 429 g/mol. The standard InChI is InChI=1S/C20H40N6O4/c1-5-6-8-16(4)10-11-18(27)24-17(19(28)22-14-12-15(2)3)9-7-13-23-20(21)25-26(29)30/h15-17H,5-14H2,1-4H3,(H,22,28)(H,24,27)(H3,21,23,25)/t16-,17-/m0/s1. The van der Waals surface area contributed by atoms with Gasteiger partial charge in [0.25, 0.3) is 5.96 Å². The summed E-state index contributed by atoms with van der Waals surface area (Å²) in [5.74, 6) is 0.293. The van der Waals surface area contributed by atoms with E-state index in [0.29, 0.717) is 37.6 Å². The molecule has 10 heteroatoms. The number of aliphatic imine (C=N–C) groups is 1. The second-order valence-electron chi connectivity index (χ2n) is 8.16. The molecule has 0 bridgehead atoms. The van der Waals surface area contributed by atoms with Crippen LogP contribution in [0.5, 0.6) is 0 Å². The topological polar surface area (TPSA) is 152 Å². The van der Waals surface area contributed by atoms with Crippen LogP contribution in [-0.2, 0) is 9.59 Å². The molecule has 10 nitrogen and oxygen atoms in total. The molecule has 0 rings (SSSR count). The Morgan fingerprint density at radius 1 is 1.10 bits per heavy atom. The fraction of sp³-hybridized carbons (Fsp3) is 0.850. The van der Waals surface area contributed by atoms with Crippen molar-refractivity contribution in [2.75, 3.05) is 13.1 Å². The number of rotatable bonds is 16. The van der Waals surface area contributed by atoms with Crippen molar-refractivity contribution < 1.29 is 14.6 Å². The fourth-order valence-corrected chi connectivity index (χ4v) is 2.84. The van der Waals surface area contributed by atoms with Gasteiger partial charge in [-0.15, -0.1) is 0 Å². The summed E-state index contributed by atoms with van der Waals surface area (Å²) in [6, 6.07) is -0.657. The van der Waals surface area contributed by atoms with Gasteiger partial charge in [-0.25, -0.2) is 15.1 Å². The molecule has 0 aromatic heterocycles. The zero-order chi connectivity index (χ0) is 22.9. The Bertz CT molecular complexity index is 553. The van der Waals surface area contributed by atoms with E-state index in [4.69, 9.17) is 5.73 Å². The summed E-state index contributed by atoms with van der Waals surface area (Å²) in [5, 5.41) is 15.2. The minimum Gasteiger partial charge on any atom is -0.365 e. The number of carbonyl (C=O) groups excluding carboxylic acids is 2. The van der Waals surface area contributed by atoms with E-state index < -0.39 is 11.1 Å². The number of nitro groups is 1. The fourth-order valence-electron chi connectivity index (χ4n) is 2.84. The first kappa shape index (κ1) is 27.6. The summed E-state index contributed by atoms with van der Waals surface area (Å²) in [5.41, 5.74) is 7.14. The minimum atomic E-state index is -0.786. The Balaban J connectivity index is 4.64. The molecular formula is C20H40N6O4. The normalized spacial score (nSPS) is 13.6. The van der Waals surface area contributed by atoms with Crippen LogP contribution in [0.3, 0.4) is 0 Å². The van der Waals surface area contributed by atoms with Crippen molar-refractivity contribution in [1.82, 2.24) is 16.1 Å². The summed E-state index contributed by atoms with van der Waals surface area (Å²) in [6.07, 6.45) is 6.25. The number of hydrogen-bond acceptors (Lipinski definition) is 5. The van der Waals surface area contributed by atoms with E-state index in [9.17, 15) is 19.7 Å². The Hall–Kier alpha value is -2.39. The van der Waals surface area contributed by atoms with Crippen LogP contribution in [0.2, 0.25) is 0 Å². The molecule has 2 atom stereocenters. The highest BCUT2D eigenvalue weighted by molar-refractivity contribution is 5.87. The van der Waals surface area contributed by atoms with Gasteiger partial charge in [0.1, 0.15) is 6.04 Å². The highest BCUT2D eigenvalue weighted by Gasteiger charge is 2.20. The minimum absolute atomic E-state index is 0.139. The van der Waals surface area contributed by atoms with E-state index >= 15 is 0 Å². The second-order valence-corrected chi connectivity index (χ2v) is 8.16. The van der Waals surface area contributed by atoms with Crippen molar-refractivity contribution in [3.63, 3.8) is 0 Å². The number of unbranched alkanes of at least 4 members (excludes halogenated alkanes) is 1. The molecule has 0 aromatic carbocycles. The molecule has 30 heavy (non-hydrogen) atoms. The van der Waals surface area contributed by atoms with E-state index in [1.807, 2.05) is 0 Å². The lowest BCUT2D eigenvalue weighted by molar-refractivity contribution is -0.525. The van der Waals surface area contributed by atoms with Crippen molar-refractivity contribution in [2.24, 2.45) is 22.6 Å². The largest absolute Gasteiger partial charge is 0.365 e. The van der Waals surface area contributed by atoms with Crippen LogP contribution in [0.1, 0.15) is 79.1 Å². The Labute approximate surface area is 180 Å². The summed E-state index contributed by atoms with van der Waals surface area (Å²) in [4.78, 5) is 39.0. The number of nitrogens with zero attached hydrogens (tertiary/aromatic N) is 2. The molecule has 0 unspecified atom stereocenters. The van der Waals surface area contributed by atoms with Gasteiger partial charge in [-0.3, -0.25) is 9.59 Å². The first-order valence-electron chi connectivity index (χ1n) is 10.9. The lowest BCUT2D eigenvalue weighted by Crippen LogP contribution is -2.47. The predicted octanol–water partition coefficient (Wildman–Crippen LogP) is 2.12. The zero-order valence-corrected chi connectivity index (χ0v) is 18.9. The van der Waals surface area contributed by atoms with Gasteiger partial charge in [0.15, 0.2) is 5.03 Å². The maximum Gasteiger partial charge on any atom is 0.251 e. The van der Waals surface area contributed by atoms with Crippen molar-refractivity contribution in [2.45, 2.75) is 85.1 Å². The molecule has 5 N–H and O–H groups in total. The van der Waals surface area contributed by atoms with Crippen LogP contribution >= 0.6 is 0 Å². The van der Waals surface area contributed by atoms with E-state index in [0.717, 1.165) is 32.1 Å². The highest BCUT2D eigenvalue weighted by Crippen LogP contribution is 2.14. The quantitative estimate of drug-likeness (QED) is 0.0971. The summed E-state index contributed by atoms with van der Waals surface area (Å²) in [6.45, 7) is 9.20. The van der Waals surface area contributed by atoms with Crippen molar-refractivity contribution in [3.05, 3.63) is 10.1 Å². The molecule has 0 fully saturated rings. The van der Waals surface area contributed by atoms with Crippen LogP contribution in [0, 0.1) is 22.0 Å². The highest BCUT2D eigenvalue weighted by atomic mass is 16.7. The molecule has 0 heterocycles. The lowest BCUT2D eigenvalue weighted by Gasteiger charge is -2.19. The van der Waals surface area contributed by atoms with E-state index in [1.165, 1.54) is 0 Å². The number of nitrogens with one attached hydrogen (secondary N) is 3. The van der Waals surface area contributed by atoms with Crippen molar-refractivity contribution in [3.8, 4) is 0 Å². The van der Waals surface area contributed by atoms with Crippen molar-refractivity contribution >= 4 is 17.8 Å². The smallest absolute Gasteiger partial charge is 0.251 e. The number of guanidine groups is 1. The summed E-state index contributed by atoms with van der Waals surface area (Å²) < 4.78 is 0. The van der Waals surface area contributed by atoms with Crippen LogP contribution in [0.25, 0.3) is 0 Å². The van der Waals surface area contributed by atoms with Crippen LogP contribution in [0.4, 0.5) is 0 Å². The third-order valence-electron chi connectivity index (χ3n) is 4.73. The van der Waals surface area contributed by atoms with Crippen LogP contribution in [-0.4, -0.2) is 41.9 Å². The number of nitrogens with two attached hydrogens (primary N) is 1. The van der Waals surface area contributed by atoms with E-state index in [1.54, 1.807) is 5.43 Å². The molecule has 0 aliphatic rings. The maximum atomic E-state index is 12.5. The molecule has 0 aromatic rings.